The first-order valence-electron chi connectivity index (χ1n) is 12.1. The molecule has 0 bridgehead atoms. The predicted octanol–water partition coefficient (Wildman–Crippen LogP) is 2.99. The van der Waals surface area contributed by atoms with Crippen molar-refractivity contribution in [2.24, 2.45) is 4.99 Å². The Kier molecular flexibility index (Phi) is 6.14. The average Bonchev–Trinajstić information content (AvgIpc) is 3.38. The van der Waals surface area contributed by atoms with Crippen molar-refractivity contribution in [3.05, 3.63) is 11.9 Å². The van der Waals surface area contributed by atoms with E-state index in [1.165, 1.54) is 44.9 Å². The van der Waals surface area contributed by atoms with E-state index in [4.69, 9.17) is 4.99 Å². The van der Waals surface area contributed by atoms with Crippen molar-refractivity contribution < 1.29 is 8.78 Å². The Labute approximate surface area is 178 Å². The number of nitrogens with zero attached hydrogens (tertiary/aromatic N) is 2. The van der Waals surface area contributed by atoms with E-state index < -0.39 is 12.3 Å². The van der Waals surface area contributed by atoms with Crippen LogP contribution >= 0.6 is 0 Å². The van der Waals surface area contributed by atoms with Gasteiger partial charge in [0.1, 0.15) is 18.6 Å². The molecule has 0 radical (unpaired) electrons. The number of guanidine groups is 1. The van der Waals surface area contributed by atoms with E-state index in [0.29, 0.717) is 24.9 Å². The maximum Gasteiger partial charge on any atom is 0.197 e. The number of fused-ring (bicyclic) bond motifs is 1. The Bertz CT molecular complexity index is 658. The smallest absolute Gasteiger partial charge is 0.197 e. The Hall–Kier alpha value is -1.41. The van der Waals surface area contributed by atoms with Crippen LogP contribution in [-0.2, 0) is 0 Å². The molecule has 6 nitrogen and oxygen atoms in total. The van der Waals surface area contributed by atoms with Crippen molar-refractivity contribution in [2.75, 3.05) is 0 Å². The van der Waals surface area contributed by atoms with E-state index in [1.807, 2.05) is 6.20 Å². The van der Waals surface area contributed by atoms with Crippen LogP contribution in [0.4, 0.5) is 8.78 Å². The van der Waals surface area contributed by atoms with Crippen molar-refractivity contribution in [2.45, 2.75) is 120 Å². The molecule has 0 aromatic carbocycles. The van der Waals surface area contributed by atoms with Crippen LogP contribution in [0.25, 0.3) is 0 Å². The van der Waals surface area contributed by atoms with Crippen molar-refractivity contribution in [3.63, 3.8) is 0 Å². The molecule has 5 rings (SSSR count). The number of aliphatic imine (C=N–C) groups is 1. The molecule has 1 saturated heterocycles. The first-order valence-corrected chi connectivity index (χ1v) is 12.1. The van der Waals surface area contributed by atoms with E-state index in [-0.39, 0.29) is 24.9 Å². The first kappa shape index (κ1) is 20.5. The minimum Gasteiger partial charge on any atom is -0.357 e. The highest BCUT2D eigenvalue weighted by Gasteiger charge is 2.45. The third kappa shape index (κ3) is 4.31. The summed E-state index contributed by atoms with van der Waals surface area (Å²) in [5.41, 5.74) is 1.03. The van der Waals surface area contributed by atoms with Crippen LogP contribution in [0, 0.1) is 0 Å². The predicted molar refractivity (Wildman–Crippen MR) is 114 cm³/mol. The fourth-order valence-electron chi connectivity index (χ4n) is 5.88. The van der Waals surface area contributed by atoms with Crippen molar-refractivity contribution >= 4 is 5.96 Å². The molecule has 30 heavy (non-hydrogen) atoms. The summed E-state index contributed by atoms with van der Waals surface area (Å²) in [6.07, 6.45) is 11.7. The van der Waals surface area contributed by atoms with E-state index in [1.54, 1.807) is 0 Å². The van der Waals surface area contributed by atoms with Crippen LogP contribution < -0.4 is 21.3 Å². The Morgan fingerprint density at radius 2 is 1.73 bits per heavy atom. The number of alkyl halides is 2. The molecule has 3 saturated carbocycles. The van der Waals surface area contributed by atoms with Gasteiger partial charge in [-0.2, -0.15) is 0 Å². The largest absolute Gasteiger partial charge is 0.357 e. The fraction of sp³-hybridized carbons (Fsp3) is 0.864. The van der Waals surface area contributed by atoms with Gasteiger partial charge < -0.3 is 16.0 Å². The summed E-state index contributed by atoms with van der Waals surface area (Å²) in [6.45, 7) is 0. The van der Waals surface area contributed by atoms with E-state index in [0.717, 1.165) is 24.5 Å². The van der Waals surface area contributed by atoms with Gasteiger partial charge in [0.2, 0.25) is 0 Å². The van der Waals surface area contributed by atoms with Crippen molar-refractivity contribution in [1.82, 2.24) is 26.2 Å². The lowest BCUT2D eigenvalue weighted by Gasteiger charge is -2.37. The maximum absolute atomic E-state index is 14.5. The van der Waals surface area contributed by atoms with Gasteiger partial charge in [-0.25, -0.2) is 18.7 Å². The van der Waals surface area contributed by atoms with Gasteiger partial charge in [0.05, 0.1) is 5.70 Å². The van der Waals surface area contributed by atoms with Gasteiger partial charge in [-0.1, -0.05) is 32.1 Å². The summed E-state index contributed by atoms with van der Waals surface area (Å²) in [7, 11) is 0. The van der Waals surface area contributed by atoms with Crippen molar-refractivity contribution in [3.8, 4) is 0 Å². The van der Waals surface area contributed by atoms with Crippen LogP contribution in [0.1, 0.15) is 77.0 Å². The van der Waals surface area contributed by atoms with Crippen LogP contribution in [0.2, 0.25) is 0 Å². The summed E-state index contributed by atoms with van der Waals surface area (Å²) >= 11 is 0. The van der Waals surface area contributed by atoms with Crippen LogP contribution in [-0.4, -0.2) is 53.8 Å². The third-order valence-electron chi connectivity index (χ3n) is 7.55. The minimum atomic E-state index is -1.14. The normalized spacial score (nSPS) is 38.4. The highest BCUT2D eigenvalue weighted by molar-refractivity contribution is 5.82. The van der Waals surface area contributed by atoms with Crippen LogP contribution in [0.3, 0.4) is 0 Å². The molecule has 2 aliphatic heterocycles. The molecule has 5 unspecified atom stereocenters. The third-order valence-corrected chi connectivity index (χ3v) is 7.55. The minimum absolute atomic E-state index is 0.00903. The average molecular weight is 423 g/mol. The summed E-state index contributed by atoms with van der Waals surface area (Å²) in [4.78, 5) is 7.43. The highest BCUT2D eigenvalue weighted by atomic mass is 19.1. The highest BCUT2D eigenvalue weighted by Crippen LogP contribution is 2.34. The molecule has 4 N–H and O–H groups in total. The zero-order valence-electron chi connectivity index (χ0n) is 17.8. The number of nitrogens with one attached hydrogen (secondary N) is 4. The van der Waals surface area contributed by atoms with E-state index in [9.17, 15) is 8.78 Å². The SMILES string of the molecule is FC1CCC(NC2NC3=CNC(NC4CCCCC4)=NC3N2C2CCCC2)C(F)C1. The van der Waals surface area contributed by atoms with Gasteiger partial charge in [0.25, 0.3) is 0 Å². The molecule has 168 valence electrons. The number of halogens is 2. The Morgan fingerprint density at radius 1 is 0.967 bits per heavy atom. The molecule has 0 aromatic heterocycles. The second-order valence-electron chi connectivity index (χ2n) is 9.71. The van der Waals surface area contributed by atoms with Crippen LogP contribution in [0.5, 0.6) is 0 Å². The molecule has 0 amide bonds. The monoisotopic (exact) mass is 422 g/mol. The second kappa shape index (κ2) is 8.99. The lowest BCUT2D eigenvalue weighted by atomic mass is 9.92. The molecular formula is C22H36F2N6. The molecule has 5 atom stereocenters. The van der Waals surface area contributed by atoms with Gasteiger partial charge in [-0.15, -0.1) is 0 Å². The quantitative estimate of drug-likeness (QED) is 0.561. The number of rotatable bonds is 4. The van der Waals surface area contributed by atoms with Gasteiger partial charge in [-0.05, 0) is 38.5 Å². The molecule has 3 aliphatic carbocycles. The molecule has 4 fully saturated rings. The second-order valence-corrected chi connectivity index (χ2v) is 9.71. The summed E-state index contributed by atoms with van der Waals surface area (Å²) in [5.74, 6) is 0.849. The Morgan fingerprint density at radius 3 is 2.50 bits per heavy atom. The zero-order valence-corrected chi connectivity index (χ0v) is 17.8. The molecule has 2 heterocycles. The topological polar surface area (TPSA) is 63.7 Å². The lowest BCUT2D eigenvalue weighted by Crippen LogP contribution is -2.58. The van der Waals surface area contributed by atoms with Gasteiger partial charge in [0, 0.05) is 30.7 Å². The standard InChI is InChI=1S/C22H36F2N6/c23-14-10-11-18(17(24)12-14)27-22-28-19-13-25-21(26-15-6-2-1-3-7-15)29-20(19)30(22)16-8-4-5-9-16/h13-18,20,22,27-28H,1-12H2,(H2,25,26,29). The molecule has 0 aromatic rings. The maximum atomic E-state index is 14.5. The summed E-state index contributed by atoms with van der Waals surface area (Å²) in [6, 6.07) is 0.613. The molecular weight excluding hydrogens is 386 g/mol. The van der Waals surface area contributed by atoms with Crippen LogP contribution in [0.15, 0.2) is 16.9 Å². The van der Waals surface area contributed by atoms with E-state index >= 15 is 0 Å². The van der Waals surface area contributed by atoms with E-state index in [2.05, 4.69) is 26.2 Å². The lowest BCUT2D eigenvalue weighted by molar-refractivity contribution is 0.0601. The Balaban J connectivity index is 1.31. The summed E-state index contributed by atoms with van der Waals surface area (Å²) in [5, 5.41) is 14.0. The van der Waals surface area contributed by atoms with Gasteiger partial charge >= 0.3 is 0 Å². The summed E-state index contributed by atoms with van der Waals surface area (Å²) < 4.78 is 28.1. The van der Waals surface area contributed by atoms with Gasteiger partial charge in [0.15, 0.2) is 12.1 Å². The van der Waals surface area contributed by atoms with Crippen molar-refractivity contribution in [1.29, 1.82) is 0 Å². The number of hydrogen-bond donors (Lipinski definition) is 4. The molecule has 8 heteroatoms. The van der Waals surface area contributed by atoms with Gasteiger partial charge in [-0.3, -0.25) is 5.32 Å². The molecule has 5 aliphatic rings. The first-order chi connectivity index (χ1) is 14.7. The number of hydrogen-bond acceptors (Lipinski definition) is 6. The fourth-order valence-corrected chi connectivity index (χ4v) is 5.88. The molecule has 0 spiro atoms. The zero-order chi connectivity index (χ0) is 20.5.